The first-order valence-corrected chi connectivity index (χ1v) is 17.2. The van der Waals surface area contributed by atoms with Gasteiger partial charge in [0, 0.05) is 24.5 Å². The van der Waals surface area contributed by atoms with Crippen LogP contribution in [0.1, 0.15) is 76.8 Å². The molecule has 1 saturated heterocycles. The van der Waals surface area contributed by atoms with Crippen molar-refractivity contribution >= 4 is 24.1 Å². The van der Waals surface area contributed by atoms with Crippen molar-refractivity contribution in [2.45, 2.75) is 101 Å². The zero-order chi connectivity index (χ0) is 34.0. The number of aliphatic hydroxyl groups is 2. The molecular weight excluding hydrogens is 608 g/mol. The van der Waals surface area contributed by atoms with Gasteiger partial charge >= 0.3 is 11.9 Å². The Hall–Kier alpha value is -3.72. The van der Waals surface area contributed by atoms with Crippen LogP contribution in [0.25, 0.3) is 12.2 Å². The van der Waals surface area contributed by atoms with Crippen molar-refractivity contribution in [3.05, 3.63) is 89.5 Å². The van der Waals surface area contributed by atoms with Gasteiger partial charge in [0.25, 0.3) is 0 Å². The smallest absolute Gasteiger partial charge is 0.331 e. The molecule has 4 aliphatic carbocycles. The molecule has 8 nitrogen and oxygen atoms in total. The maximum atomic E-state index is 13.3. The van der Waals surface area contributed by atoms with Crippen LogP contribution in [0.15, 0.2) is 78.4 Å². The molecule has 1 aliphatic heterocycles. The van der Waals surface area contributed by atoms with Crippen molar-refractivity contribution in [1.82, 2.24) is 0 Å². The number of carbonyl (C=O) groups is 2. The summed E-state index contributed by atoms with van der Waals surface area (Å²) in [6.07, 6.45) is 10.7. The highest BCUT2D eigenvalue weighted by Crippen LogP contribution is 2.74. The van der Waals surface area contributed by atoms with E-state index in [1.165, 1.54) is 12.2 Å². The van der Waals surface area contributed by atoms with Crippen LogP contribution in [0.3, 0.4) is 0 Å². The van der Waals surface area contributed by atoms with Gasteiger partial charge in [-0.15, -0.1) is 0 Å². The molecule has 0 bridgehead atoms. The van der Waals surface area contributed by atoms with Gasteiger partial charge in [0.15, 0.2) is 0 Å². The molecule has 7 rings (SSSR count). The van der Waals surface area contributed by atoms with Gasteiger partial charge in [0.05, 0.1) is 24.7 Å². The summed E-state index contributed by atoms with van der Waals surface area (Å²) < 4.78 is 24.1. The fourth-order valence-electron chi connectivity index (χ4n) is 10.2. The lowest BCUT2D eigenvalue weighted by molar-refractivity contribution is -0.295. The third-order valence-corrected chi connectivity index (χ3v) is 12.9. The number of methoxy groups -OCH3 is 1. The van der Waals surface area contributed by atoms with Crippen molar-refractivity contribution in [1.29, 1.82) is 0 Å². The summed E-state index contributed by atoms with van der Waals surface area (Å²) >= 11 is 0. The molecule has 4 fully saturated rings. The predicted octanol–water partition coefficient (Wildman–Crippen LogP) is 6.21. The van der Waals surface area contributed by atoms with Crippen molar-refractivity contribution in [2.24, 2.45) is 16.7 Å². The Morgan fingerprint density at radius 3 is 2.31 bits per heavy atom. The van der Waals surface area contributed by atoms with E-state index in [1.807, 2.05) is 68.4 Å². The minimum Gasteiger partial charge on any atom is -0.497 e. The second kappa shape index (κ2) is 11.7. The molecular formula is C40H46O8. The van der Waals surface area contributed by atoms with Gasteiger partial charge in [-0.2, -0.15) is 0 Å². The Balaban J connectivity index is 1.09. The summed E-state index contributed by atoms with van der Waals surface area (Å²) in [7, 11) is 1.61. The Kier molecular flexibility index (Phi) is 8.00. The molecule has 0 spiro atoms. The lowest BCUT2D eigenvalue weighted by atomic mass is 9.43. The van der Waals surface area contributed by atoms with Gasteiger partial charge in [0.2, 0.25) is 0 Å². The monoisotopic (exact) mass is 654 g/mol. The molecule has 0 aromatic heterocycles. The first-order valence-electron chi connectivity index (χ1n) is 17.2. The van der Waals surface area contributed by atoms with Crippen LogP contribution in [0.2, 0.25) is 0 Å². The van der Waals surface area contributed by atoms with Crippen molar-refractivity contribution < 1.29 is 38.7 Å². The standard InChI is InChI=1S/C40H46O8/c1-26-39(48-35(42)17-13-27-8-6-5-7-9-27)22-23-40(44)37(39,3)33(46-26)25-32-36(2)20-19-31(24-29(36)18-21-38(32,40)43)47-34(41)16-12-28-10-14-30(45-4)15-11-28/h5-18,26,31-33,43-44H,19-25H2,1-4H3/b16-12+,17-13+/t26-,31+,32-,33-,36+,37-,38+,39-,40-/m1/s1. The quantitative estimate of drug-likeness (QED) is 0.206. The highest BCUT2D eigenvalue weighted by atomic mass is 16.6. The van der Waals surface area contributed by atoms with E-state index < -0.39 is 45.8 Å². The van der Waals surface area contributed by atoms with Gasteiger partial charge in [-0.3, -0.25) is 0 Å². The van der Waals surface area contributed by atoms with E-state index in [4.69, 9.17) is 18.9 Å². The van der Waals surface area contributed by atoms with Gasteiger partial charge in [-0.05, 0) is 86.3 Å². The number of hydrogen-bond donors (Lipinski definition) is 2. The Bertz CT molecular complexity index is 1660. The molecule has 254 valence electrons. The first kappa shape index (κ1) is 32.8. The minimum atomic E-state index is -1.54. The fourth-order valence-corrected chi connectivity index (χ4v) is 10.2. The number of rotatable bonds is 7. The minimum absolute atomic E-state index is 0.270. The van der Waals surface area contributed by atoms with E-state index in [2.05, 4.69) is 13.0 Å². The summed E-state index contributed by atoms with van der Waals surface area (Å²) in [4.78, 5) is 26.1. The van der Waals surface area contributed by atoms with Crippen LogP contribution in [-0.2, 0) is 23.8 Å². The Morgan fingerprint density at radius 1 is 0.917 bits per heavy atom. The fraction of sp³-hybridized carbons (Fsp3) is 0.500. The summed E-state index contributed by atoms with van der Waals surface area (Å²) in [5.41, 5.74) is -2.57. The van der Waals surface area contributed by atoms with Crippen LogP contribution in [-0.4, -0.2) is 64.4 Å². The highest BCUT2D eigenvalue weighted by molar-refractivity contribution is 5.88. The zero-order valence-corrected chi connectivity index (χ0v) is 28.2. The molecule has 2 aromatic carbocycles. The summed E-state index contributed by atoms with van der Waals surface area (Å²) in [6, 6.07) is 17.0. The van der Waals surface area contributed by atoms with Crippen LogP contribution < -0.4 is 4.74 Å². The summed E-state index contributed by atoms with van der Waals surface area (Å²) in [5, 5.41) is 25.6. The number of esters is 2. The third-order valence-electron chi connectivity index (χ3n) is 12.9. The Morgan fingerprint density at radius 2 is 1.60 bits per heavy atom. The molecule has 1 heterocycles. The highest BCUT2D eigenvalue weighted by Gasteiger charge is 2.84. The first-order chi connectivity index (χ1) is 22.9. The van der Waals surface area contributed by atoms with E-state index in [-0.39, 0.29) is 24.4 Å². The van der Waals surface area contributed by atoms with Crippen LogP contribution in [0, 0.1) is 16.7 Å². The van der Waals surface area contributed by atoms with E-state index in [1.54, 1.807) is 19.3 Å². The number of fused-ring (bicyclic) bond motifs is 4. The second-order valence-electron chi connectivity index (χ2n) is 14.9. The van der Waals surface area contributed by atoms with Crippen LogP contribution in [0.5, 0.6) is 5.75 Å². The number of hydrogen-bond acceptors (Lipinski definition) is 8. The maximum absolute atomic E-state index is 13.3. The molecule has 9 atom stereocenters. The van der Waals surface area contributed by atoms with Gasteiger partial charge in [-0.25, -0.2) is 9.59 Å². The SMILES string of the molecule is COc1ccc(/C=C/C(=O)O[C@H]2CC[C@@]3(C)C(=CC[C@]4(O)[C@@H]3C[C@H]3O[C@H](C)[C@]5(OC(=O)/C=C/c6ccccc6)CC[C@@]4(O)[C@]35C)C2)cc1. The number of ether oxygens (including phenoxy) is 4. The van der Waals surface area contributed by atoms with Crippen molar-refractivity contribution in [2.75, 3.05) is 7.11 Å². The molecule has 0 amide bonds. The maximum Gasteiger partial charge on any atom is 0.331 e. The topological polar surface area (TPSA) is 112 Å². The van der Waals surface area contributed by atoms with Crippen LogP contribution in [0.4, 0.5) is 0 Å². The number of carbonyl (C=O) groups excluding carboxylic acids is 2. The van der Waals surface area contributed by atoms with Gasteiger partial charge in [0.1, 0.15) is 28.7 Å². The van der Waals surface area contributed by atoms with Crippen molar-refractivity contribution in [3.63, 3.8) is 0 Å². The van der Waals surface area contributed by atoms with Crippen molar-refractivity contribution in [3.8, 4) is 5.75 Å². The Labute approximate surface area is 282 Å². The molecule has 5 aliphatic rings. The molecule has 0 radical (unpaired) electrons. The molecule has 48 heavy (non-hydrogen) atoms. The average Bonchev–Trinajstić information content (AvgIpc) is 3.45. The van der Waals surface area contributed by atoms with E-state index >= 15 is 0 Å². The van der Waals surface area contributed by atoms with Gasteiger partial charge in [-0.1, -0.05) is 68.0 Å². The van der Waals surface area contributed by atoms with E-state index in [0.29, 0.717) is 38.5 Å². The normalized spacial score (nSPS) is 39.8. The van der Waals surface area contributed by atoms with Gasteiger partial charge < -0.3 is 29.2 Å². The van der Waals surface area contributed by atoms with E-state index in [0.717, 1.165) is 22.4 Å². The molecule has 8 heteroatoms. The second-order valence-corrected chi connectivity index (χ2v) is 14.9. The lowest BCUT2D eigenvalue weighted by Gasteiger charge is -2.65. The lowest BCUT2D eigenvalue weighted by Crippen LogP contribution is -2.76. The average molecular weight is 655 g/mol. The van der Waals surface area contributed by atoms with Crippen LogP contribution >= 0.6 is 0 Å². The zero-order valence-electron chi connectivity index (χ0n) is 28.2. The number of benzene rings is 2. The largest absolute Gasteiger partial charge is 0.497 e. The van der Waals surface area contributed by atoms with E-state index in [9.17, 15) is 19.8 Å². The molecule has 3 saturated carbocycles. The molecule has 2 aromatic rings. The summed E-state index contributed by atoms with van der Waals surface area (Å²) in [6.45, 7) is 6.05. The molecule has 0 unspecified atom stereocenters. The summed E-state index contributed by atoms with van der Waals surface area (Å²) in [5.74, 6) is -0.411. The third kappa shape index (κ3) is 4.74. The molecule has 2 N–H and O–H groups in total. The predicted molar refractivity (Wildman–Crippen MR) is 181 cm³/mol.